The summed E-state index contributed by atoms with van der Waals surface area (Å²) in [4.78, 5) is 22.7. The molecule has 0 spiro atoms. The minimum Gasteiger partial charge on any atom is -0.388 e. The van der Waals surface area contributed by atoms with Gasteiger partial charge in [-0.05, 0) is 31.4 Å². The number of benzene rings is 1. The predicted octanol–water partition coefficient (Wildman–Crippen LogP) is 2.96. The average molecular weight is 308 g/mol. The number of nitro groups is 1. The van der Waals surface area contributed by atoms with Gasteiger partial charge >= 0.3 is 0 Å². The maximum atomic E-state index is 12.3. The number of hydrogen-bond acceptors (Lipinski definition) is 4. The standard InChI is InChI=1S/C16H24N2O4/c1-4-8-16(20,9-5-2)11-17-15(19)13-10-12(3)6-7-14(13)18(21)22/h6-7,10,20H,4-5,8-9,11H2,1-3H3,(H,17,19). The molecule has 0 aliphatic rings. The van der Waals surface area contributed by atoms with Gasteiger partial charge in [-0.15, -0.1) is 0 Å². The van der Waals surface area contributed by atoms with Crippen LogP contribution in [0.25, 0.3) is 0 Å². The number of amides is 1. The number of aryl methyl sites for hydroxylation is 1. The van der Waals surface area contributed by atoms with Gasteiger partial charge in [-0.3, -0.25) is 14.9 Å². The first-order chi connectivity index (χ1) is 10.3. The molecule has 0 aromatic heterocycles. The summed E-state index contributed by atoms with van der Waals surface area (Å²) in [7, 11) is 0. The Morgan fingerprint density at radius 1 is 1.32 bits per heavy atom. The quantitative estimate of drug-likeness (QED) is 0.570. The first-order valence-corrected chi connectivity index (χ1v) is 7.58. The fourth-order valence-corrected chi connectivity index (χ4v) is 2.56. The molecule has 0 atom stereocenters. The first kappa shape index (κ1) is 18.1. The Bertz CT molecular complexity index is 537. The van der Waals surface area contributed by atoms with Crippen molar-refractivity contribution in [2.24, 2.45) is 0 Å². The Hall–Kier alpha value is -1.95. The molecule has 22 heavy (non-hydrogen) atoms. The second kappa shape index (κ2) is 7.89. The molecule has 1 aromatic carbocycles. The number of nitro benzene ring substituents is 1. The molecule has 0 radical (unpaired) electrons. The first-order valence-electron chi connectivity index (χ1n) is 7.58. The van der Waals surface area contributed by atoms with Gasteiger partial charge < -0.3 is 10.4 Å². The molecule has 0 saturated heterocycles. The third-order valence-electron chi connectivity index (χ3n) is 3.60. The number of carbonyl (C=O) groups excluding carboxylic acids is 1. The van der Waals surface area contributed by atoms with Gasteiger partial charge in [0, 0.05) is 12.6 Å². The van der Waals surface area contributed by atoms with E-state index in [-0.39, 0.29) is 17.8 Å². The highest BCUT2D eigenvalue weighted by Gasteiger charge is 2.27. The normalized spacial score (nSPS) is 11.3. The summed E-state index contributed by atoms with van der Waals surface area (Å²) in [5.41, 5.74) is -0.385. The lowest BCUT2D eigenvalue weighted by atomic mass is 9.92. The fraction of sp³-hybridized carbons (Fsp3) is 0.562. The summed E-state index contributed by atoms with van der Waals surface area (Å²) < 4.78 is 0. The molecule has 6 nitrogen and oxygen atoms in total. The molecule has 0 aliphatic carbocycles. The SMILES string of the molecule is CCCC(O)(CCC)CNC(=O)c1cc(C)ccc1[N+](=O)[O-]. The summed E-state index contributed by atoms with van der Waals surface area (Å²) in [5, 5.41) is 24.1. The van der Waals surface area contributed by atoms with Crippen molar-refractivity contribution in [1.29, 1.82) is 0 Å². The Labute approximate surface area is 130 Å². The zero-order valence-electron chi connectivity index (χ0n) is 13.4. The van der Waals surface area contributed by atoms with E-state index in [1.54, 1.807) is 13.0 Å². The monoisotopic (exact) mass is 308 g/mol. The van der Waals surface area contributed by atoms with E-state index < -0.39 is 16.4 Å². The van der Waals surface area contributed by atoms with Gasteiger partial charge in [-0.25, -0.2) is 0 Å². The van der Waals surface area contributed by atoms with E-state index in [0.717, 1.165) is 18.4 Å². The Kier molecular flexibility index (Phi) is 6.49. The minimum atomic E-state index is -0.961. The second-order valence-electron chi connectivity index (χ2n) is 5.68. The van der Waals surface area contributed by atoms with Crippen molar-refractivity contribution in [3.63, 3.8) is 0 Å². The molecule has 6 heteroatoms. The topological polar surface area (TPSA) is 92.5 Å². The maximum absolute atomic E-state index is 12.3. The molecule has 0 bridgehead atoms. The van der Waals surface area contributed by atoms with Crippen LogP contribution in [0.2, 0.25) is 0 Å². The van der Waals surface area contributed by atoms with Crippen LogP contribution in [0.3, 0.4) is 0 Å². The van der Waals surface area contributed by atoms with Crippen LogP contribution in [0, 0.1) is 17.0 Å². The van der Waals surface area contributed by atoms with E-state index in [1.807, 2.05) is 13.8 Å². The van der Waals surface area contributed by atoms with Crippen LogP contribution < -0.4 is 5.32 Å². The van der Waals surface area contributed by atoms with Crippen LogP contribution >= 0.6 is 0 Å². The van der Waals surface area contributed by atoms with E-state index in [1.165, 1.54) is 12.1 Å². The molecule has 0 heterocycles. The zero-order chi connectivity index (χ0) is 16.8. The van der Waals surface area contributed by atoms with Crippen LogP contribution in [0.1, 0.15) is 55.5 Å². The molecule has 0 aliphatic heterocycles. The molecule has 122 valence electrons. The van der Waals surface area contributed by atoms with Crippen molar-refractivity contribution < 1.29 is 14.8 Å². The summed E-state index contributed by atoms with van der Waals surface area (Å²) >= 11 is 0. The number of carbonyl (C=O) groups is 1. The lowest BCUT2D eigenvalue weighted by Crippen LogP contribution is -2.43. The summed E-state index contributed by atoms with van der Waals surface area (Å²) in [6, 6.07) is 4.42. The molecular formula is C16H24N2O4. The molecule has 0 unspecified atom stereocenters. The van der Waals surface area contributed by atoms with E-state index in [0.29, 0.717) is 12.8 Å². The minimum absolute atomic E-state index is 0.0281. The summed E-state index contributed by atoms with van der Waals surface area (Å²) in [5.74, 6) is -0.527. The summed E-state index contributed by atoms with van der Waals surface area (Å²) in [6.45, 7) is 5.80. The molecule has 2 N–H and O–H groups in total. The smallest absolute Gasteiger partial charge is 0.282 e. The van der Waals surface area contributed by atoms with Crippen molar-refractivity contribution in [3.8, 4) is 0 Å². The van der Waals surface area contributed by atoms with E-state index in [2.05, 4.69) is 5.32 Å². The van der Waals surface area contributed by atoms with E-state index in [4.69, 9.17) is 0 Å². The Morgan fingerprint density at radius 2 is 1.91 bits per heavy atom. The zero-order valence-corrected chi connectivity index (χ0v) is 13.4. The van der Waals surface area contributed by atoms with Crippen molar-refractivity contribution in [2.45, 2.75) is 52.1 Å². The van der Waals surface area contributed by atoms with Gasteiger partial charge in [-0.1, -0.05) is 32.8 Å². The molecule has 1 aromatic rings. The molecule has 1 rings (SSSR count). The number of hydrogen-bond donors (Lipinski definition) is 2. The van der Waals surface area contributed by atoms with Gasteiger partial charge in [0.1, 0.15) is 5.56 Å². The number of nitrogens with zero attached hydrogens (tertiary/aromatic N) is 1. The molecule has 0 saturated carbocycles. The van der Waals surface area contributed by atoms with Gasteiger partial charge in [0.2, 0.25) is 0 Å². The Balaban J connectivity index is 2.89. The lowest BCUT2D eigenvalue weighted by Gasteiger charge is -2.27. The van der Waals surface area contributed by atoms with Crippen LogP contribution in [0.4, 0.5) is 5.69 Å². The van der Waals surface area contributed by atoms with E-state index >= 15 is 0 Å². The van der Waals surface area contributed by atoms with Gasteiger partial charge in [-0.2, -0.15) is 0 Å². The number of rotatable bonds is 8. The third kappa shape index (κ3) is 4.80. The van der Waals surface area contributed by atoms with Crippen LogP contribution in [-0.2, 0) is 0 Å². The molecule has 1 amide bonds. The van der Waals surface area contributed by atoms with Crippen molar-refractivity contribution in [3.05, 3.63) is 39.4 Å². The van der Waals surface area contributed by atoms with Gasteiger partial charge in [0.05, 0.1) is 10.5 Å². The van der Waals surface area contributed by atoms with Gasteiger partial charge in [0.15, 0.2) is 0 Å². The molecule has 0 fully saturated rings. The lowest BCUT2D eigenvalue weighted by molar-refractivity contribution is -0.385. The van der Waals surface area contributed by atoms with Crippen molar-refractivity contribution in [2.75, 3.05) is 6.54 Å². The van der Waals surface area contributed by atoms with Crippen LogP contribution in [-0.4, -0.2) is 28.1 Å². The number of aliphatic hydroxyl groups is 1. The van der Waals surface area contributed by atoms with Gasteiger partial charge in [0.25, 0.3) is 11.6 Å². The second-order valence-corrected chi connectivity index (χ2v) is 5.68. The largest absolute Gasteiger partial charge is 0.388 e. The Morgan fingerprint density at radius 3 is 2.41 bits per heavy atom. The van der Waals surface area contributed by atoms with Crippen molar-refractivity contribution >= 4 is 11.6 Å². The maximum Gasteiger partial charge on any atom is 0.282 e. The van der Waals surface area contributed by atoms with Crippen LogP contribution in [0.15, 0.2) is 18.2 Å². The average Bonchev–Trinajstić information content (AvgIpc) is 2.45. The predicted molar refractivity (Wildman–Crippen MR) is 84.9 cm³/mol. The highest BCUT2D eigenvalue weighted by Crippen LogP contribution is 2.21. The fourth-order valence-electron chi connectivity index (χ4n) is 2.56. The van der Waals surface area contributed by atoms with Crippen molar-refractivity contribution in [1.82, 2.24) is 5.32 Å². The highest BCUT2D eigenvalue weighted by atomic mass is 16.6. The summed E-state index contributed by atoms with van der Waals surface area (Å²) in [6.07, 6.45) is 2.77. The van der Waals surface area contributed by atoms with Crippen LogP contribution in [0.5, 0.6) is 0 Å². The highest BCUT2D eigenvalue weighted by molar-refractivity contribution is 5.98. The third-order valence-corrected chi connectivity index (χ3v) is 3.60. The molecular weight excluding hydrogens is 284 g/mol. The van der Waals surface area contributed by atoms with E-state index in [9.17, 15) is 20.0 Å². The number of nitrogens with one attached hydrogen (secondary N) is 1.